The van der Waals surface area contributed by atoms with E-state index >= 15 is 0 Å². The van der Waals surface area contributed by atoms with E-state index in [4.69, 9.17) is 15.0 Å². The quantitative estimate of drug-likeness (QED) is 0.185. The molecule has 0 unspecified atom stereocenters. The SMILES string of the molecule is N#Cc1ccc(-c2ccc3c(c2)Sc2cc(-c4nc(-c5ccccc5)nc(-c5ccccc5)n4)ccc2C32c3ccccc3-c3ccccc32)cc1. The van der Waals surface area contributed by atoms with E-state index in [1.165, 1.54) is 38.3 Å². The zero-order valence-electron chi connectivity index (χ0n) is 27.9. The van der Waals surface area contributed by atoms with Gasteiger partial charge in [0.05, 0.1) is 17.0 Å². The van der Waals surface area contributed by atoms with Gasteiger partial charge in [0.2, 0.25) is 0 Å². The number of benzene rings is 7. The van der Waals surface area contributed by atoms with Crippen LogP contribution >= 0.6 is 11.8 Å². The van der Waals surface area contributed by atoms with Gasteiger partial charge in [0.15, 0.2) is 17.5 Å². The Morgan fingerprint density at radius 3 is 1.38 bits per heavy atom. The first-order chi connectivity index (χ1) is 25.7. The predicted octanol–water partition coefficient (Wildman–Crippen LogP) is 11.2. The van der Waals surface area contributed by atoms with Crippen molar-refractivity contribution < 1.29 is 0 Å². The molecule has 0 fully saturated rings. The van der Waals surface area contributed by atoms with E-state index in [2.05, 4.69) is 91.0 Å². The normalized spacial score (nSPS) is 13.1. The van der Waals surface area contributed by atoms with Gasteiger partial charge in [-0.25, -0.2) is 15.0 Å². The summed E-state index contributed by atoms with van der Waals surface area (Å²) in [6.45, 7) is 0. The third-order valence-electron chi connectivity index (χ3n) is 10.2. The van der Waals surface area contributed by atoms with Gasteiger partial charge in [-0.05, 0) is 68.8 Å². The lowest BCUT2D eigenvalue weighted by molar-refractivity contribution is 0.722. The Morgan fingerprint density at radius 2 is 0.846 bits per heavy atom. The summed E-state index contributed by atoms with van der Waals surface area (Å²) in [6, 6.07) is 61.6. The van der Waals surface area contributed by atoms with Gasteiger partial charge in [-0.15, -0.1) is 0 Å². The molecule has 0 amide bonds. The van der Waals surface area contributed by atoms with Crippen LogP contribution in [0.25, 0.3) is 56.4 Å². The van der Waals surface area contributed by atoms with Crippen LogP contribution in [0.3, 0.4) is 0 Å². The Bertz CT molecular complexity index is 2610. The van der Waals surface area contributed by atoms with Crippen LogP contribution in [0, 0.1) is 11.3 Å². The standard InChI is InChI=1S/C47H28N4S/c48-29-30-19-21-31(22-20-30)34-23-25-40-42(27-34)52-43-28-35(24-26-41(43)47(40)38-17-9-7-15-36(38)37-16-8-10-18-39(37)47)46-50-44(32-11-3-1-4-12-32)49-45(51-46)33-13-5-2-6-14-33/h1-28H. The van der Waals surface area contributed by atoms with Crippen LogP contribution in [0.5, 0.6) is 0 Å². The van der Waals surface area contributed by atoms with Gasteiger partial charge < -0.3 is 0 Å². The van der Waals surface area contributed by atoms with E-state index in [9.17, 15) is 5.26 Å². The molecule has 242 valence electrons. The number of nitriles is 1. The van der Waals surface area contributed by atoms with E-state index in [0.29, 0.717) is 23.0 Å². The van der Waals surface area contributed by atoms with Crippen LogP contribution < -0.4 is 0 Å². The predicted molar refractivity (Wildman–Crippen MR) is 208 cm³/mol. The fraction of sp³-hybridized carbons (Fsp3) is 0.0213. The average molecular weight is 681 g/mol. The molecular weight excluding hydrogens is 653 g/mol. The molecule has 0 saturated heterocycles. The highest BCUT2D eigenvalue weighted by molar-refractivity contribution is 7.99. The molecule has 2 heterocycles. The second-order valence-corrected chi connectivity index (χ2v) is 14.2. The molecule has 1 aromatic heterocycles. The van der Waals surface area contributed by atoms with Crippen LogP contribution in [0.2, 0.25) is 0 Å². The zero-order valence-corrected chi connectivity index (χ0v) is 28.7. The maximum Gasteiger partial charge on any atom is 0.164 e. The third-order valence-corrected chi connectivity index (χ3v) is 11.4. The molecule has 1 spiro atoms. The average Bonchev–Trinajstić information content (AvgIpc) is 3.51. The molecule has 8 aromatic rings. The van der Waals surface area contributed by atoms with Crippen LogP contribution in [0.15, 0.2) is 180 Å². The summed E-state index contributed by atoms with van der Waals surface area (Å²) in [6.07, 6.45) is 0. The summed E-state index contributed by atoms with van der Waals surface area (Å²) in [5.74, 6) is 1.92. The van der Waals surface area contributed by atoms with Crippen molar-refractivity contribution in [2.45, 2.75) is 15.2 Å². The topological polar surface area (TPSA) is 62.5 Å². The number of hydrogen-bond acceptors (Lipinski definition) is 5. The molecule has 10 rings (SSSR count). The van der Waals surface area contributed by atoms with Crippen molar-refractivity contribution in [3.8, 4) is 62.5 Å². The van der Waals surface area contributed by atoms with Crippen LogP contribution in [0.1, 0.15) is 27.8 Å². The van der Waals surface area contributed by atoms with Crippen LogP contribution in [-0.2, 0) is 5.41 Å². The maximum atomic E-state index is 9.41. The van der Waals surface area contributed by atoms with E-state index in [0.717, 1.165) is 32.7 Å². The lowest BCUT2D eigenvalue weighted by Gasteiger charge is -2.40. The second-order valence-electron chi connectivity index (χ2n) is 13.1. The molecule has 1 aliphatic carbocycles. The summed E-state index contributed by atoms with van der Waals surface area (Å²) in [5.41, 5.74) is 12.8. The maximum absolute atomic E-state index is 9.41. The molecule has 0 radical (unpaired) electrons. The van der Waals surface area contributed by atoms with Crippen molar-refractivity contribution in [2.24, 2.45) is 0 Å². The van der Waals surface area contributed by atoms with Crippen molar-refractivity contribution >= 4 is 11.8 Å². The first-order valence-electron chi connectivity index (χ1n) is 17.2. The fourth-order valence-corrected chi connectivity index (χ4v) is 9.18. The van der Waals surface area contributed by atoms with Gasteiger partial charge in [-0.1, -0.05) is 157 Å². The Labute approximate surface area is 306 Å². The largest absolute Gasteiger partial charge is 0.208 e. The summed E-state index contributed by atoms with van der Waals surface area (Å²) in [7, 11) is 0. The van der Waals surface area contributed by atoms with E-state index in [1.807, 2.05) is 84.9 Å². The lowest BCUT2D eigenvalue weighted by atomic mass is 9.67. The number of fused-ring (bicyclic) bond motifs is 9. The van der Waals surface area contributed by atoms with E-state index < -0.39 is 5.41 Å². The Balaban J connectivity index is 1.20. The van der Waals surface area contributed by atoms with Crippen molar-refractivity contribution in [3.05, 3.63) is 198 Å². The molecule has 0 atom stereocenters. The summed E-state index contributed by atoms with van der Waals surface area (Å²) in [5, 5.41) is 9.41. The Kier molecular flexibility index (Phi) is 6.99. The Morgan fingerprint density at radius 1 is 0.404 bits per heavy atom. The Hall–Kier alpha value is -6.61. The van der Waals surface area contributed by atoms with Crippen molar-refractivity contribution in [3.63, 3.8) is 0 Å². The summed E-state index contributed by atoms with van der Waals surface area (Å²) >= 11 is 1.80. The number of hydrogen-bond donors (Lipinski definition) is 0. The molecule has 7 aromatic carbocycles. The minimum atomic E-state index is -0.506. The van der Waals surface area contributed by atoms with E-state index in [-0.39, 0.29) is 0 Å². The highest BCUT2D eigenvalue weighted by Gasteiger charge is 2.50. The molecular formula is C47H28N4S. The molecule has 4 nitrogen and oxygen atoms in total. The van der Waals surface area contributed by atoms with Gasteiger partial charge in [0.25, 0.3) is 0 Å². The highest BCUT2D eigenvalue weighted by atomic mass is 32.2. The van der Waals surface area contributed by atoms with Gasteiger partial charge in [-0.3, -0.25) is 0 Å². The zero-order chi connectivity index (χ0) is 34.6. The van der Waals surface area contributed by atoms with Crippen LogP contribution in [-0.4, -0.2) is 15.0 Å². The highest BCUT2D eigenvalue weighted by Crippen LogP contribution is 2.62. The first kappa shape index (κ1) is 30.2. The third kappa shape index (κ3) is 4.66. The molecule has 0 N–H and O–H groups in total. The minimum Gasteiger partial charge on any atom is -0.208 e. The molecule has 5 heteroatoms. The van der Waals surface area contributed by atoms with Crippen LogP contribution in [0.4, 0.5) is 0 Å². The molecule has 0 bridgehead atoms. The summed E-state index contributed by atoms with van der Waals surface area (Å²) < 4.78 is 0. The fourth-order valence-electron chi connectivity index (χ4n) is 7.91. The number of rotatable bonds is 4. The lowest BCUT2D eigenvalue weighted by Crippen LogP contribution is -2.32. The molecule has 2 aliphatic rings. The smallest absolute Gasteiger partial charge is 0.164 e. The van der Waals surface area contributed by atoms with Crippen molar-refractivity contribution in [1.82, 2.24) is 15.0 Å². The number of nitrogens with zero attached hydrogens (tertiary/aromatic N) is 4. The second kappa shape index (κ2) is 12.0. The van der Waals surface area contributed by atoms with Crippen molar-refractivity contribution in [2.75, 3.05) is 0 Å². The first-order valence-corrected chi connectivity index (χ1v) is 18.1. The van der Waals surface area contributed by atoms with Crippen molar-refractivity contribution in [1.29, 1.82) is 5.26 Å². The van der Waals surface area contributed by atoms with E-state index in [1.54, 1.807) is 11.8 Å². The van der Waals surface area contributed by atoms with Gasteiger partial charge in [0, 0.05) is 26.5 Å². The summed E-state index contributed by atoms with van der Waals surface area (Å²) in [4.78, 5) is 17.4. The molecule has 1 aliphatic heterocycles. The van der Waals surface area contributed by atoms with Gasteiger partial charge >= 0.3 is 0 Å². The monoisotopic (exact) mass is 680 g/mol. The van der Waals surface area contributed by atoms with Gasteiger partial charge in [0.1, 0.15) is 0 Å². The van der Waals surface area contributed by atoms with Gasteiger partial charge in [-0.2, -0.15) is 5.26 Å². The number of aromatic nitrogens is 3. The minimum absolute atomic E-state index is 0.506. The molecule has 0 saturated carbocycles. The molecule has 52 heavy (non-hydrogen) atoms.